The van der Waals surface area contributed by atoms with E-state index in [0.29, 0.717) is 0 Å². The molecule has 0 saturated carbocycles. The second kappa shape index (κ2) is 17.7. The molecule has 0 saturated heterocycles. The zero-order valence-electron chi connectivity index (χ0n) is 17.2. The fourth-order valence-electron chi connectivity index (χ4n) is 2.50. The van der Waals surface area contributed by atoms with E-state index in [9.17, 15) is 0 Å². The van der Waals surface area contributed by atoms with Gasteiger partial charge >= 0.3 is 0 Å². The molecule has 7 heteroatoms. The van der Waals surface area contributed by atoms with Crippen LogP contribution in [-0.4, -0.2) is 0 Å². The van der Waals surface area contributed by atoms with Crippen LogP contribution < -0.4 is 34.5 Å². The van der Waals surface area contributed by atoms with Crippen molar-refractivity contribution >= 4 is 23.8 Å². The quantitative estimate of drug-likeness (QED) is 0.310. The van der Waals surface area contributed by atoms with Crippen molar-refractivity contribution < 1.29 is 49.9 Å². The molecule has 4 rings (SSSR count). The molecule has 3 aromatic carbocycles. The average Bonchev–Trinajstić information content (AvgIpc) is 3.37. The molecule has 0 amide bonds. The van der Waals surface area contributed by atoms with Crippen molar-refractivity contribution in [3.05, 3.63) is 135 Å². The predicted molar refractivity (Wildman–Crippen MR) is 119 cm³/mol. The predicted octanol–water partition coefficient (Wildman–Crippen LogP) is 0.805. The van der Waals surface area contributed by atoms with Crippen molar-refractivity contribution in [1.29, 1.82) is 0 Å². The van der Waals surface area contributed by atoms with E-state index in [1.807, 2.05) is 30.7 Å². The summed E-state index contributed by atoms with van der Waals surface area (Å²) in [6, 6.07) is 32.3. The van der Waals surface area contributed by atoms with Crippen molar-refractivity contribution in [3.8, 4) is 0 Å². The van der Waals surface area contributed by atoms with Crippen LogP contribution in [0.4, 0.5) is 0 Å². The monoisotopic (exact) mass is 649 g/mol. The molecule has 1 radical (unpaired) electrons. The smallest absolute Gasteiger partial charge is 0.00506 e. The van der Waals surface area contributed by atoms with Crippen molar-refractivity contribution in [3.63, 3.8) is 0 Å². The van der Waals surface area contributed by atoms with Crippen molar-refractivity contribution in [2.24, 2.45) is 0 Å². The summed E-state index contributed by atoms with van der Waals surface area (Å²) in [7, 11) is -5.39. The van der Waals surface area contributed by atoms with Crippen LogP contribution in [0.25, 0.3) is 0 Å². The first-order valence-corrected chi connectivity index (χ1v) is 11.8. The van der Waals surface area contributed by atoms with Gasteiger partial charge in [0.2, 0.25) is 0 Å². The van der Waals surface area contributed by atoms with Gasteiger partial charge in [-0.3, -0.25) is 0 Å². The van der Waals surface area contributed by atoms with Crippen molar-refractivity contribution in [2.75, 3.05) is 0 Å². The largest absolute Gasteiger partial charge is 0.222 e. The molecule has 32 heavy (non-hydrogen) atoms. The summed E-state index contributed by atoms with van der Waals surface area (Å²) in [5.74, 6) is 0. The average molecular weight is 650 g/mol. The Hall–Kier alpha value is -1.87. The minimum absolute atomic E-state index is 0. The Morgan fingerprint density at radius 3 is 0.938 bits per heavy atom. The van der Waals surface area contributed by atoms with Crippen LogP contribution in [0.5, 0.6) is 0 Å². The molecule has 0 fully saturated rings. The Bertz CT molecular complexity index is 792. The van der Waals surface area contributed by atoms with Gasteiger partial charge < -0.3 is 0 Å². The molecule has 0 unspecified atom stereocenters. The van der Waals surface area contributed by atoms with E-state index < -0.39 is 18.2 Å². The Morgan fingerprint density at radius 2 is 0.750 bits per heavy atom. The maximum Gasteiger partial charge on any atom is 0.00506 e. The van der Waals surface area contributed by atoms with Gasteiger partial charge in [-0.1, -0.05) is 115 Å². The summed E-state index contributed by atoms with van der Waals surface area (Å²) in [5, 5.41) is 4.19. The molecule has 0 N–H and O–H groups in total. The van der Waals surface area contributed by atoms with E-state index in [4.69, 9.17) is 18.6 Å². The molecular weight excluding hydrogens is 626 g/mol. The summed E-state index contributed by atoms with van der Waals surface area (Å²) in [6.07, 6.45) is 10.0. The van der Waals surface area contributed by atoms with Gasteiger partial charge in [0.1, 0.15) is 0 Å². The third-order valence-corrected chi connectivity index (χ3v) is 6.04. The fourth-order valence-corrected chi connectivity index (χ4v) is 4.80. The summed E-state index contributed by atoms with van der Waals surface area (Å²) in [6.45, 7) is 6.00. The Morgan fingerprint density at radius 1 is 0.500 bits per heavy atom. The molecule has 171 valence electrons. The van der Waals surface area contributed by atoms with Gasteiger partial charge in [-0.15, -0.1) is 23.4 Å². The van der Waals surface area contributed by atoms with Gasteiger partial charge in [0.15, 0.2) is 0 Å². The van der Waals surface area contributed by atoms with Crippen LogP contribution in [0.15, 0.2) is 128 Å². The number of rotatable bonds is 3. The van der Waals surface area contributed by atoms with Gasteiger partial charge in [0, 0.05) is 27.5 Å². The third-order valence-electron chi connectivity index (χ3n) is 3.60. The maximum atomic E-state index is 8.49. The van der Waals surface area contributed by atoms with Gasteiger partial charge in [-0.05, 0) is 23.8 Å². The standard InChI is InChI=1S/C18H15P.C5H5.C2H4.ClHO4.Pt/c1-4-10-16(11-5-1)19(17-12-6-2-7-13-17)18-14-8-3-9-15-18;1-2-4-5-3-1;1-2;2-1(3,4)5;/h1-15H;1-5H;1-2H2;(H,2,3,4,5);/p-1. The molecule has 1 aliphatic rings. The molecule has 0 atom stereocenters. The molecule has 0 aromatic heterocycles. The van der Waals surface area contributed by atoms with Crippen LogP contribution in [0.2, 0.25) is 0 Å². The zero-order chi connectivity index (χ0) is 23.0. The normalized spacial score (nSPS) is 11.0. The van der Waals surface area contributed by atoms with Gasteiger partial charge in [-0.25, -0.2) is 18.6 Å². The van der Waals surface area contributed by atoms with E-state index in [1.54, 1.807) is 0 Å². The van der Waals surface area contributed by atoms with Crippen molar-refractivity contribution in [2.45, 2.75) is 0 Å². The van der Waals surface area contributed by atoms with Crippen LogP contribution in [0, 0.1) is 16.7 Å². The number of halogens is 1. The Balaban J connectivity index is 0.000000614. The molecule has 4 nitrogen and oxygen atoms in total. The minimum Gasteiger partial charge on any atom is -0.222 e. The van der Waals surface area contributed by atoms with Gasteiger partial charge in [0.05, 0.1) is 0 Å². The summed E-state index contributed by atoms with van der Waals surface area (Å²) < 4.78 is 34.0. The number of allylic oxidation sites excluding steroid dienone is 4. The topological polar surface area (TPSA) is 92.2 Å². The van der Waals surface area contributed by atoms with Crippen LogP contribution in [0.1, 0.15) is 0 Å². The van der Waals surface area contributed by atoms with Crippen LogP contribution in [-0.2, 0) is 21.1 Å². The number of benzene rings is 3. The Labute approximate surface area is 208 Å². The third kappa shape index (κ3) is 13.5. The van der Waals surface area contributed by atoms with Crippen molar-refractivity contribution in [1.82, 2.24) is 0 Å². The van der Waals surface area contributed by atoms with E-state index in [-0.39, 0.29) is 21.1 Å². The maximum absolute atomic E-state index is 8.49. The second-order valence-electron chi connectivity index (χ2n) is 5.68. The van der Waals surface area contributed by atoms with E-state index >= 15 is 0 Å². The molecule has 0 aliphatic heterocycles. The Kier molecular flexibility index (Phi) is 16.6. The minimum atomic E-state index is -4.94. The summed E-state index contributed by atoms with van der Waals surface area (Å²) in [4.78, 5) is 0. The first kappa shape index (κ1) is 30.1. The van der Waals surface area contributed by atoms with Crippen LogP contribution in [0.3, 0.4) is 0 Å². The molecule has 0 spiro atoms. The van der Waals surface area contributed by atoms with E-state index in [2.05, 4.69) is 104 Å². The van der Waals surface area contributed by atoms with E-state index in [1.165, 1.54) is 15.9 Å². The molecular formula is C25H24ClO4PPt-. The first-order valence-electron chi connectivity index (χ1n) is 9.19. The molecule has 1 aliphatic carbocycles. The number of hydrogen-bond donors (Lipinski definition) is 0. The second-order valence-corrected chi connectivity index (χ2v) is 8.66. The van der Waals surface area contributed by atoms with Crippen LogP contribution >= 0.6 is 7.92 Å². The number of hydrogen-bond acceptors (Lipinski definition) is 4. The zero-order valence-corrected chi connectivity index (χ0v) is 21.2. The van der Waals surface area contributed by atoms with Gasteiger partial charge in [0.25, 0.3) is 0 Å². The fraction of sp³-hybridized carbons (Fsp3) is 0. The van der Waals surface area contributed by atoms with E-state index in [0.717, 1.165) is 0 Å². The SMILES string of the molecule is C=C.[CH]1C=CC=C1.[O-][Cl+3]([O-])([O-])[O-].[Pt].c1ccc(P(c2ccccc2)c2ccccc2)cc1. The first-order chi connectivity index (χ1) is 14.9. The molecule has 3 aromatic rings. The summed E-state index contributed by atoms with van der Waals surface area (Å²) >= 11 is 0. The molecule has 0 heterocycles. The van der Waals surface area contributed by atoms with Gasteiger partial charge in [-0.2, -0.15) is 0 Å². The molecule has 0 bridgehead atoms. The summed E-state index contributed by atoms with van der Waals surface area (Å²) in [5.41, 5.74) is 0.